The van der Waals surface area contributed by atoms with Crippen molar-refractivity contribution in [2.75, 3.05) is 27.3 Å². The van der Waals surface area contributed by atoms with E-state index in [-0.39, 0.29) is 18.5 Å². The molecule has 2 unspecified atom stereocenters. The predicted molar refractivity (Wildman–Crippen MR) is 239 cm³/mol. The quantitative estimate of drug-likeness (QED) is 0.0912. The Balaban J connectivity index is 0.000000301. The average molecular weight is 839 g/mol. The fourth-order valence-corrected chi connectivity index (χ4v) is 6.15. The van der Waals surface area contributed by atoms with Gasteiger partial charge in [-0.2, -0.15) is 0 Å². The number of aryl methyl sites for hydroxylation is 1. The van der Waals surface area contributed by atoms with E-state index >= 15 is 0 Å². The lowest BCUT2D eigenvalue weighted by molar-refractivity contribution is -0.131. The van der Waals surface area contributed by atoms with E-state index in [9.17, 15) is 19.2 Å². The number of nitrogens with zero attached hydrogens (tertiary/aromatic N) is 3. The van der Waals surface area contributed by atoms with Crippen molar-refractivity contribution in [3.63, 3.8) is 0 Å². The number of benzene rings is 4. The van der Waals surface area contributed by atoms with Crippen molar-refractivity contribution >= 4 is 24.0 Å². The van der Waals surface area contributed by atoms with Gasteiger partial charge in [0.2, 0.25) is 11.8 Å². The number of carbonyl (C=O) groups excluding carboxylic acids is 4. The second kappa shape index (κ2) is 25.1. The van der Waals surface area contributed by atoms with Crippen LogP contribution in [0.2, 0.25) is 0 Å². The number of ether oxygens (including phenoxy) is 2. The highest BCUT2D eigenvalue weighted by molar-refractivity contribution is 5.85. The van der Waals surface area contributed by atoms with E-state index in [0.29, 0.717) is 12.1 Å². The number of nitrogens with one attached hydrogen (secondary N) is 4. The predicted octanol–water partition coefficient (Wildman–Crippen LogP) is 7.73. The number of nitrogens with two attached hydrogens (primary N) is 1. The van der Waals surface area contributed by atoms with Gasteiger partial charge in [-0.05, 0) is 53.8 Å². The van der Waals surface area contributed by atoms with E-state index in [1.807, 2.05) is 105 Å². The molecule has 0 bridgehead atoms. The number of aromatic nitrogens is 4. The fraction of sp³-hybridized carbons (Fsp3) is 0.250. The number of aromatic amines is 2. The summed E-state index contributed by atoms with van der Waals surface area (Å²) in [4.78, 5) is 63.4. The molecule has 0 spiro atoms. The largest absolute Gasteiger partial charge is 0.453 e. The molecular formula is C48H54N8O6. The summed E-state index contributed by atoms with van der Waals surface area (Å²) in [5, 5.41) is 4.80. The maximum Gasteiger partial charge on any atom is 0.407 e. The lowest BCUT2D eigenvalue weighted by Crippen LogP contribution is -2.40. The Bertz CT molecular complexity index is 2330. The minimum atomic E-state index is -0.862. The Kier molecular flexibility index (Phi) is 19.0. The Hall–Kier alpha value is -7.66. The summed E-state index contributed by atoms with van der Waals surface area (Å²) in [6.45, 7) is 6.60. The maximum atomic E-state index is 12.6. The van der Waals surface area contributed by atoms with Gasteiger partial charge in [-0.25, -0.2) is 19.6 Å². The molecule has 1 fully saturated rings. The third-order valence-corrected chi connectivity index (χ3v) is 9.29. The first-order valence-corrected chi connectivity index (χ1v) is 20.3. The van der Waals surface area contributed by atoms with Gasteiger partial charge in [0.25, 0.3) is 0 Å². The van der Waals surface area contributed by atoms with Crippen LogP contribution in [0.15, 0.2) is 128 Å². The van der Waals surface area contributed by atoms with Gasteiger partial charge in [-0.3, -0.25) is 9.59 Å². The number of amides is 4. The van der Waals surface area contributed by atoms with Gasteiger partial charge >= 0.3 is 12.2 Å². The van der Waals surface area contributed by atoms with Crippen molar-refractivity contribution in [2.24, 2.45) is 5.73 Å². The van der Waals surface area contributed by atoms with Gasteiger partial charge in [0, 0.05) is 24.1 Å². The van der Waals surface area contributed by atoms with Crippen molar-refractivity contribution in [1.82, 2.24) is 35.5 Å². The SMILES string of the molecule is CC.CCc1ncc(-c2ccc(C#Cc3ccc(-c4cnc(C5CCCN5C(=O)CNC(=O)OC)[nH]4)cc3)cc2)[nH]1.COC(=O)NC(C(N)=O)c1ccccc1.c1ccccc1. The molecule has 62 heavy (non-hydrogen) atoms. The molecule has 6 aromatic rings. The minimum Gasteiger partial charge on any atom is -0.453 e. The summed E-state index contributed by atoms with van der Waals surface area (Å²) in [7, 11) is 2.49. The zero-order valence-electron chi connectivity index (χ0n) is 35.7. The van der Waals surface area contributed by atoms with E-state index in [2.05, 4.69) is 58.8 Å². The van der Waals surface area contributed by atoms with Gasteiger partial charge in [-0.15, -0.1) is 0 Å². The summed E-state index contributed by atoms with van der Waals surface area (Å²) in [6, 6.07) is 35.8. The summed E-state index contributed by atoms with van der Waals surface area (Å²) in [6.07, 6.45) is 4.90. The topological polar surface area (TPSA) is 197 Å². The highest BCUT2D eigenvalue weighted by Crippen LogP contribution is 2.31. The number of hydrogen-bond acceptors (Lipinski definition) is 8. The summed E-state index contributed by atoms with van der Waals surface area (Å²) < 4.78 is 8.94. The van der Waals surface area contributed by atoms with E-state index < -0.39 is 24.1 Å². The van der Waals surface area contributed by atoms with Gasteiger partial charge < -0.3 is 40.7 Å². The van der Waals surface area contributed by atoms with E-state index in [1.54, 1.807) is 41.4 Å². The van der Waals surface area contributed by atoms with Crippen LogP contribution in [0.4, 0.5) is 9.59 Å². The zero-order valence-corrected chi connectivity index (χ0v) is 35.7. The van der Waals surface area contributed by atoms with Crippen LogP contribution in [0.3, 0.4) is 0 Å². The van der Waals surface area contributed by atoms with Crippen molar-refractivity contribution in [3.05, 3.63) is 156 Å². The number of primary amides is 1. The molecule has 2 aromatic heterocycles. The van der Waals surface area contributed by atoms with Crippen molar-refractivity contribution in [2.45, 2.75) is 52.1 Å². The van der Waals surface area contributed by atoms with Crippen molar-refractivity contribution in [3.8, 4) is 34.4 Å². The molecule has 4 aromatic carbocycles. The third kappa shape index (κ3) is 14.3. The molecule has 0 radical (unpaired) electrons. The Morgan fingerprint density at radius 2 is 1.27 bits per heavy atom. The Morgan fingerprint density at radius 1 is 0.758 bits per heavy atom. The molecule has 1 saturated heterocycles. The fourth-order valence-electron chi connectivity index (χ4n) is 6.15. The number of methoxy groups -OCH3 is 2. The lowest BCUT2D eigenvalue weighted by Gasteiger charge is -2.23. The lowest BCUT2D eigenvalue weighted by atomic mass is 10.1. The first-order chi connectivity index (χ1) is 30.2. The highest BCUT2D eigenvalue weighted by atomic mass is 16.5. The minimum absolute atomic E-state index is 0.104. The molecule has 2 atom stereocenters. The average Bonchev–Trinajstić information content (AvgIpc) is 4.14. The Labute approximate surface area is 362 Å². The molecule has 14 nitrogen and oxygen atoms in total. The van der Waals surface area contributed by atoms with Crippen LogP contribution in [0.1, 0.15) is 74.0 Å². The number of H-pyrrole nitrogens is 2. The van der Waals surface area contributed by atoms with Gasteiger partial charge in [0.05, 0.1) is 44.0 Å². The molecule has 1 aliphatic rings. The van der Waals surface area contributed by atoms with Crippen LogP contribution in [-0.2, 0) is 25.5 Å². The van der Waals surface area contributed by atoms with Gasteiger partial charge in [0.1, 0.15) is 24.2 Å². The first kappa shape index (κ1) is 47.0. The van der Waals surface area contributed by atoms with E-state index in [1.165, 1.54) is 14.2 Å². The summed E-state index contributed by atoms with van der Waals surface area (Å²) in [5.74, 6) is 7.37. The van der Waals surface area contributed by atoms with E-state index in [4.69, 9.17) is 5.73 Å². The second-order valence-electron chi connectivity index (χ2n) is 13.3. The van der Waals surface area contributed by atoms with Crippen LogP contribution in [0.5, 0.6) is 0 Å². The highest BCUT2D eigenvalue weighted by Gasteiger charge is 2.32. The molecule has 0 saturated carbocycles. The smallest absolute Gasteiger partial charge is 0.407 e. The summed E-state index contributed by atoms with van der Waals surface area (Å²) >= 11 is 0. The normalized spacial score (nSPS) is 12.8. The van der Waals surface area contributed by atoms with Crippen LogP contribution in [-0.4, -0.2) is 76.1 Å². The maximum absolute atomic E-state index is 12.6. The van der Waals surface area contributed by atoms with Crippen LogP contribution in [0, 0.1) is 11.8 Å². The molecule has 6 N–H and O–H groups in total. The third-order valence-electron chi connectivity index (χ3n) is 9.29. The monoisotopic (exact) mass is 838 g/mol. The number of carbonyl (C=O) groups is 4. The first-order valence-electron chi connectivity index (χ1n) is 20.3. The molecule has 322 valence electrons. The molecule has 0 aliphatic carbocycles. The van der Waals surface area contributed by atoms with Crippen LogP contribution in [0.25, 0.3) is 22.5 Å². The van der Waals surface area contributed by atoms with Gasteiger partial charge in [-0.1, -0.05) is 124 Å². The molecule has 1 aliphatic heterocycles. The standard InChI is InChI=1S/C30H30N6O3.C10H12N2O3.C6H6.C2H6/c1-3-27-31-17-24(34-27)22-12-8-20(9-13-22)6-7-21-10-14-23(15-11-21)25-18-32-29(35-25)26-5-4-16-36(26)28(37)19-33-30(38)39-2;1-15-10(14)12-8(9(11)13)7-5-3-2-4-6-7;1-2-4-6-5-3-1;1-2/h8-15,17-18,26H,3-5,16,19H2,1-2H3,(H,31,34)(H,32,35)(H,33,38);2-6,8H,1H3,(H2,11,13)(H,12,14);1-6H;1-2H3. The number of imidazole rings is 2. The van der Waals surface area contributed by atoms with Gasteiger partial charge in [0.15, 0.2) is 0 Å². The molecular weight excluding hydrogens is 785 g/mol. The van der Waals surface area contributed by atoms with Crippen molar-refractivity contribution in [1.29, 1.82) is 0 Å². The summed E-state index contributed by atoms with van der Waals surface area (Å²) in [5.41, 5.74) is 11.6. The second-order valence-corrected chi connectivity index (χ2v) is 13.3. The molecule has 3 heterocycles. The number of rotatable bonds is 9. The molecule has 7 rings (SSSR count). The number of likely N-dealkylation sites (tertiary alicyclic amines) is 1. The Morgan fingerprint density at radius 3 is 1.77 bits per heavy atom. The van der Waals surface area contributed by atoms with Crippen molar-refractivity contribution < 1.29 is 28.7 Å². The number of hydrogen-bond donors (Lipinski definition) is 5. The van der Waals surface area contributed by atoms with E-state index in [0.717, 1.165) is 64.6 Å². The molecule has 4 amide bonds. The zero-order chi connectivity index (χ0) is 44.7. The molecule has 14 heteroatoms. The number of alkyl carbamates (subject to hydrolysis) is 2. The van der Waals surface area contributed by atoms with Crippen LogP contribution >= 0.6 is 0 Å². The van der Waals surface area contributed by atoms with Crippen LogP contribution < -0.4 is 16.4 Å².